The fourth-order valence-electron chi connectivity index (χ4n) is 2.10. The molecule has 118 valence electrons. The monoisotopic (exact) mass is 313 g/mol. The van der Waals surface area contributed by atoms with Crippen molar-refractivity contribution in [1.29, 1.82) is 0 Å². The molecule has 1 aliphatic heterocycles. The maximum Gasteiger partial charge on any atom is 0.410 e. The van der Waals surface area contributed by atoms with Gasteiger partial charge in [-0.15, -0.1) is 10.2 Å². The number of nitrogen functional groups attached to an aromatic ring is 1. The standard InChI is InChI=1S/C13H23N5O2S/c1-13(2,3)20-12(19)18-8-6-17(7-9-18)5-4-10-15-16-11(14)21-10/h4-9H2,1-3H3,(H2,14,16). The third-order valence-corrected chi connectivity index (χ3v) is 3.96. The van der Waals surface area contributed by atoms with Crippen LogP contribution >= 0.6 is 11.3 Å². The Morgan fingerprint density at radius 1 is 1.29 bits per heavy atom. The Bertz CT molecular complexity index is 477. The second-order valence-corrected chi connectivity index (χ2v) is 7.19. The quantitative estimate of drug-likeness (QED) is 0.903. The number of ether oxygens (including phenoxy) is 1. The molecule has 1 aromatic rings. The summed E-state index contributed by atoms with van der Waals surface area (Å²) in [5.74, 6) is 0. The largest absolute Gasteiger partial charge is 0.444 e. The number of anilines is 1. The van der Waals surface area contributed by atoms with Crippen LogP contribution in [0.15, 0.2) is 0 Å². The first-order valence-corrected chi connectivity index (χ1v) is 7.93. The average molecular weight is 313 g/mol. The number of aromatic nitrogens is 2. The molecule has 2 N–H and O–H groups in total. The van der Waals surface area contributed by atoms with Crippen molar-refractivity contribution in [3.05, 3.63) is 5.01 Å². The predicted molar refractivity (Wildman–Crippen MR) is 82.3 cm³/mol. The lowest BCUT2D eigenvalue weighted by Gasteiger charge is -2.35. The van der Waals surface area contributed by atoms with Crippen LogP contribution in [-0.4, -0.2) is 64.4 Å². The number of hydrogen-bond donors (Lipinski definition) is 1. The lowest BCUT2D eigenvalue weighted by molar-refractivity contribution is 0.0146. The Morgan fingerprint density at radius 2 is 1.95 bits per heavy atom. The number of carbonyl (C=O) groups excluding carboxylic acids is 1. The smallest absolute Gasteiger partial charge is 0.410 e. The first-order valence-electron chi connectivity index (χ1n) is 7.11. The predicted octanol–water partition coefficient (Wildman–Crippen LogP) is 1.22. The van der Waals surface area contributed by atoms with E-state index < -0.39 is 5.60 Å². The molecule has 0 aliphatic carbocycles. The van der Waals surface area contributed by atoms with E-state index in [1.165, 1.54) is 11.3 Å². The number of carbonyl (C=O) groups is 1. The molecular formula is C13H23N5O2S. The van der Waals surface area contributed by atoms with Gasteiger partial charge in [0, 0.05) is 39.1 Å². The maximum absolute atomic E-state index is 12.0. The molecule has 0 bridgehead atoms. The molecule has 0 spiro atoms. The van der Waals surface area contributed by atoms with E-state index in [9.17, 15) is 4.79 Å². The fraction of sp³-hybridized carbons (Fsp3) is 0.769. The lowest BCUT2D eigenvalue weighted by atomic mass is 10.2. The zero-order valence-electron chi connectivity index (χ0n) is 12.8. The van der Waals surface area contributed by atoms with Gasteiger partial charge < -0.3 is 15.4 Å². The van der Waals surface area contributed by atoms with E-state index in [0.717, 1.165) is 31.1 Å². The second-order valence-electron chi connectivity index (χ2n) is 6.09. The molecule has 1 aliphatic rings. The number of rotatable bonds is 3. The van der Waals surface area contributed by atoms with E-state index >= 15 is 0 Å². The van der Waals surface area contributed by atoms with Gasteiger partial charge in [0.2, 0.25) is 5.13 Å². The van der Waals surface area contributed by atoms with Crippen molar-refractivity contribution in [2.45, 2.75) is 32.8 Å². The molecule has 2 rings (SSSR count). The third kappa shape index (κ3) is 5.13. The minimum Gasteiger partial charge on any atom is -0.444 e. The summed E-state index contributed by atoms with van der Waals surface area (Å²) in [6.45, 7) is 9.68. The SMILES string of the molecule is CC(C)(C)OC(=O)N1CCN(CCc2nnc(N)s2)CC1. The molecule has 1 saturated heterocycles. The van der Waals surface area contributed by atoms with Gasteiger partial charge in [-0.2, -0.15) is 0 Å². The van der Waals surface area contributed by atoms with E-state index in [2.05, 4.69) is 15.1 Å². The summed E-state index contributed by atoms with van der Waals surface area (Å²) in [4.78, 5) is 16.0. The molecule has 0 saturated carbocycles. The van der Waals surface area contributed by atoms with E-state index in [4.69, 9.17) is 10.5 Å². The minimum absolute atomic E-state index is 0.223. The Hall–Kier alpha value is -1.41. The Kier molecular flexibility index (Phi) is 5.00. The average Bonchev–Trinajstić information content (AvgIpc) is 2.81. The van der Waals surface area contributed by atoms with Gasteiger partial charge in [-0.1, -0.05) is 11.3 Å². The van der Waals surface area contributed by atoms with Gasteiger partial charge in [-0.05, 0) is 20.8 Å². The summed E-state index contributed by atoms with van der Waals surface area (Å²) in [5, 5.41) is 9.30. The molecule has 0 unspecified atom stereocenters. The molecule has 7 nitrogen and oxygen atoms in total. The summed E-state index contributed by atoms with van der Waals surface area (Å²) in [6.07, 6.45) is 0.625. The minimum atomic E-state index is -0.439. The van der Waals surface area contributed by atoms with Crippen LogP contribution in [0, 0.1) is 0 Å². The highest BCUT2D eigenvalue weighted by Crippen LogP contribution is 2.14. The van der Waals surface area contributed by atoms with Crippen molar-refractivity contribution in [2.75, 3.05) is 38.5 Å². The molecular weight excluding hydrogens is 290 g/mol. The zero-order valence-corrected chi connectivity index (χ0v) is 13.7. The van der Waals surface area contributed by atoms with Crippen LogP contribution in [0.2, 0.25) is 0 Å². The van der Waals surface area contributed by atoms with Crippen LogP contribution < -0.4 is 5.73 Å². The summed E-state index contributed by atoms with van der Waals surface area (Å²) in [7, 11) is 0. The van der Waals surface area contributed by atoms with Gasteiger partial charge in [0.25, 0.3) is 0 Å². The van der Waals surface area contributed by atoms with Gasteiger partial charge in [0.05, 0.1) is 0 Å². The molecule has 0 atom stereocenters. The highest BCUT2D eigenvalue weighted by molar-refractivity contribution is 7.15. The van der Waals surface area contributed by atoms with E-state index in [1.54, 1.807) is 4.90 Å². The topological polar surface area (TPSA) is 84.6 Å². The summed E-state index contributed by atoms with van der Waals surface area (Å²) < 4.78 is 5.38. The molecule has 8 heteroatoms. The van der Waals surface area contributed by atoms with Crippen LogP contribution in [0.3, 0.4) is 0 Å². The molecule has 0 radical (unpaired) electrons. The number of nitrogens with two attached hydrogens (primary N) is 1. The van der Waals surface area contributed by atoms with Gasteiger partial charge in [0.15, 0.2) is 0 Å². The number of hydrogen-bond acceptors (Lipinski definition) is 7. The molecule has 2 heterocycles. The molecule has 1 aromatic heterocycles. The van der Waals surface area contributed by atoms with Gasteiger partial charge >= 0.3 is 6.09 Å². The highest BCUT2D eigenvalue weighted by Gasteiger charge is 2.25. The van der Waals surface area contributed by atoms with Crippen molar-refractivity contribution in [1.82, 2.24) is 20.0 Å². The first kappa shape index (κ1) is 16.0. The number of amides is 1. The summed E-state index contributed by atoms with van der Waals surface area (Å²) in [5.41, 5.74) is 5.12. The first-order chi connectivity index (χ1) is 9.83. The second kappa shape index (κ2) is 6.57. The lowest BCUT2D eigenvalue weighted by Crippen LogP contribution is -2.50. The zero-order chi connectivity index (χ0) is 15.5. The van der Waals surface area contributed by atoms with Crippen LogP contribution in [-0.2, 0) is 11.2 Å². The Morgan fingerprint density at radius 3 is 2.48 bits per heavy atom. The normalized spacial score (nSPS) is 17.0. The molecule has 1 fully saturated rings. The van der Waals surface area contributed by atoms with Crippen LogP contribution in [0.5, 0.6) is 0 Å². The van der Waals surface area contributed by atoms with Gasteiger partial charge in [-0.25, -0.2) is 4.79 Å². The molecule has 0 aromatic carbocycles. The fourth-order valence-corrected chi connectivity index (χ4v) is 2.70. The third-order valence-electron chi connectivity index (χ3n) is 3.15. The van der Waals surface area contributed by atoms with Crippen molar-refractivity contribution in [3.63, 3.8) is 0 Å². The maximum atomic E-state index is 12.0. The Labute approximate surface area is 129 Å². The van der Waals surface area contributed by atoms with Gasteiger partial charge in [0.1, 0.15) is 10.6 Å². The number of nitrogens with zero attached hydrogens (tertiary/aromatic N) is 4. The Balaban J connectivity index is 1.72. The van der Waals surface area contributed by atoms with Crippen LogP contribution in [0.4, 0.5) is 9.93 Å². The summed E-state index contributed by atoms with van der Waals surface area (Å²) in [6, 6.07) is 0. The number of piperazine rings is 1. The van der Waals surface area contributed by atoms with E-state index in [0.29, 0.717) is 18.2 Å². The van der Waals surface area contributed by atoms with Crippen molar-refractivity contribution in [3.8, 4) is 0 Å². The van der Waals surface area contributed by atoms with Crippen molar-refractivity contribution < 1.29 is 9.53 Å². The summed E-state index contributed by atoms with van der Waals surface area (Å²) >= 11 is 1.43. The molecule has 1 amide bonds. The van der Waals surface area contributed by atoms with Crippen LogP contribution in [0.1, 0.15) is 25.8 Å². The highest BCUT2D eigenvalue weighted by atomic mass is 32.1. The molecule has 21 heavy (non-hydrogen) atoms. The van der Waals surface area contributed by atoms with Crippen molar-refractivity contribution >= 4 is 22.6 Å². The van der Waals surface area contributed by atoms with E-state index in [1.807, 2.05) is 20.8 Å². The van der Waals surface area contributed by atoms with E-state index in [-0.39, 0.29) is 6.09 Å². The van der Waals surface area contributed by atoms with Crippen molar-refractivity contribution in [2.24, 2.45) is 0 Å². The van der Waals surface area contributed by atoms with Gasteiger partial charge in [-0.3, -0.25) is 4.90 Å². The van der Waals surface area contributed by atoms with Crippen LogP contribution in [0.25, 0.3) is 0 Å².